The molecule has 2 aliphatic rings. The van der Waals surface area contributed by atoms with Crippen molar-refractivity contribution in [2.24, 2.45) is 5.41 Å². The van der Waals surface area contributed by atoms with E-state index in [9.17, 15) is 5.11 Å². The van der Waals surface area contributed by atoms with E-state index in [2.05, 4.69) is 4.98 Å². The van der Waals surface area contributed by atoms with Gasteiger partial charge in [0.1, 0.15) is 0 Å². The Morgan fingerprint density at radius 3 is 2.12 bits per heavy atom. The van der Waals surface area contributed by atoms with E-state index < -0.39 is 0 Å². The summed E-state index contributed by atoms with van der Waals surface area (Å²) < 4.78 is 10.7. The van der Waals surface area contributed by atoms with Gasteiger partial charge >= 0.3 is 0 Å². The van der Waals surface area contributed by atoms with E-state index in [1.807, 2.05) is 12.1 Å². The molecule has 0 aromatic carbocycles. The summed E-state index contributed by atoms with van der Waals surface area (Å²) in [6.45, 7) is 2.73. The SMILES string of the molecule is OCC1(C2(c3ccncc3)COC2)COC1. The number of nitrogens with zero attached hydrogens (tertiary/aromatic N) is 1. The van der Waals surface area contributed by atoms with Crippen molar-refractivity contribution in [1.29, 1.82) is 0 Å². The molecular formula is C12H15NO3. The van der Waals surface area contributed by atoms with Crippen molar-refractivity contribution >= 4 is 0 Å². The average Bonchev–Trinajstić information content (AvgIpc) is 2.22. The lowest BCUT2D eigenvalue weighted by molar-refractivity contribution is -0.242. The third-order valence-corrected chi connectivity index (χ3v) is 4.00. The zero-order valence-corrected chi connectivity index (χ0v) is 9.06. The number of aliphatic hydroxyl groups is 1. The maximum absolute atomic E-state index is 9.65. The maximum atomic E-state index is 9.65. The molecule has 1 N–H and O–H groups in total. The number of rotatable bonds is 3. The van der Waals surface area contributed by atoms with Gasteiger partial charge in [-0.1, -0.05) is 0 Å². The highest BCUT2D eigenvalue weighted by Crippen LogP contribution is 2.51. The molecule has 3 heterocycles. The van der Waals surface area contributed by atoms with Gasteiger partial charge < -0.3 is 14.6 Å². The fourth-order valence-corrected chi connectivity index (χ4v) is 2.62. The smallest absolute Gasteiger partial charge is 0.0593 e. The first-order chi connectivity index (χ1) is 7.83. The molecule has 0 amide bonds. The minimum absolute atomic E-state index is 0.0804. The topological polar surface area (TPSA) is 51.6 Å². The van der Waals surface area contributed by atoms with Crippen LogP contribution in [-0.4, -0.2) is 43.1 Å². The molecule has 2 aliphatic heterocycles. The lowest BCUT2D eigenvalue weighted by Crippen LogP contribution is -2.68. The summed E-state index contributed by atoms with van der Waals surface area (Å²) in [5.74, 6) is 0. The van der Waals surface area contributed by atoms with Gasteiger partial charge in [0.05, 0.1) is 43.9 Å². The van der Waals surface area contributed by atoms with E-state index in [1.54, 1.807) is 12.4 Å². The number of pyridine rings is 1. The van der Waals surface area contributed by atoms with Crippen molar-refractivity contribution in [3.63, 3.8) is 0 Å². The second-order valence-electron chi connectivity index (χ2n) is 4.74. The molecule has 3 rings (SSSR count). The van der Waals surface area contributed by atoms with Crippen LogP contribution in [0.2, 0.25) is 0 Å². The van der Waals surface area contributed by atoms with Crippen LogP contribution < -0.4 is 0 Å². The van der Waals surface area contributed by atoms with Crippen molar-refractivity contribution in [3.05, 3.63) is 30.1 Å². The van der Waals surface area contributed by atoms with E-state index in [1.165, 1.54) is 5.56 Å². The number of hydrogen-bond donors (Lipinski definition) is 1. The molecule has 2 saturated heterocycles. The minimum Gasteiger partial charge on any atom is -0.396 e. The molecule has 86 valence electrons. The van der Waals surface area contributed by atoms with Crippen molar-refractivity contribution in [2.45, 2.75) is 5.41 Å². The molecule has 4 nitrogen and oxygen atoms in total. The lowest BCUT2D eigenvalue weighted by Gasteiger charge is -2.58. The van der Waals surface area contributed by atoms with Crippen LogP contribution in [0.15, 0.2) is 24.5 Å². The monoisotopic (exact) mass is 221 g/mol. The van der Waals surface area contributed by atoms with Gasteiger partial charge in [-0.05, 0) is 17.7 Å². The molecule has 0 unspecified atom stereocenters. The van der Waals surface area contributed by atoms with Crippen molar-refractivity contribution in [1.82, 2.24) is 4.98 Å². The Bertz CT molecular complexity index is 366. The average molecular weight is 221 g/mol. The Labute approximate surface area is 94.2 Å². The van der Waals surface area contributed by atoms with Gasteiger partial charge in [-0.25, -0.2) is 0 Å². The van der Waals surface area contributed by atoms with Gasteiger partial charge in [-0.3, -0.25) is 4.98 Å². The zero-order valence-electron chi connectivity index (χ0n) is 9.06. The number of ether oxygens (including phenoxy) is 2. The van der Waals surface area contributed by atoms with Gasteiger partial charge in [0.25, 0.3) is 0 Å². The number of aliphatic hydroxyl groups excluding tert-OH is 1. The summed E-state index contributed by atoms with van der Waals surface area (Å²) in [7, 11) is 0. The summed E-state index contributed by atoms with van der Waals surface area (Å²) in [6.07, 6.45) is 3.58. The summed E-state index contributed by atoms with van der Waals surface area (Å²) in [5, 5.41) is 9.65. The summed E-state index contributed by atoms with van der Waals surface area (Å²) in [6, 6.07) is 4.02. The molecule has 0 saturated carbocycles. The van der Waals surface area contributed by atoms with Gasteiger partial charge in [0.2, 0.25) is 0 Å². The Morgan fingerprint density at radius 1 is 1.12 bits per heavy atom. The number of aromatic nitrogens is 1. The Hall–Kier alpha value is -0.970. The highest BCUT2D eigenvalue weighted by Gasteiger charge is 2.60. The molecule has 0 spiro atoms. The van der Waals surface area contributed by atoms with Crippen molar-refractivity contribution in [2.75, 3.05) is 33.0 Å². The predicted molar refractivity (Wildman–Crippen MR) is 57.1 cm³/mol. The quantitative estimate of drug-likeness (QED) is 0.800. The Balaban J connectivity index is 2.00. The van der Waals surface area contributed by atoms with Gasteiger partial charge in [-0.2, -0.15) is 0 Å². The molecule has 2 fully saturated rings. The van der Waals surface area contributed by atoms with Gasteiger partial charge in [-0.15, -0.1) is 0 Å². The van der Waals surface area contributed by atoms with Crippen LogP contribution in [0.1, 0.15) is 5.56 Å². The molecule has 4 heteroatoms. The Morgan fingerprint density at radius 2 is 1.75 bits per heavy atom. The highest BCUT2D eigenvalue weighted by atomic mass is 16.5. The number of hydrogen-bond acceptors (Lipinski definition) is 4. The second kappa shape index (κ2) is 3.52. The van der Waals surface area contributed by atoms with Crippen molar-refractivity contribution in [3.8, 4) is 0 Å². The van der Waals surface area contributed by atoms with E-state index in [-0.39, 0.29) is 17.4 Å². The third-order valence-electron chi connectivity index (χ3n) is 4.00. The lowest BCUT2D eigenvalue weighted by atomic mass is 9.57. The molecule has 0 atom stereocenters. The fourth-order valence-electron chi connectivity index (χ4n) is 2.62. The third kappa shape index (κ3) is 1.12. The fraction of sp³-hybridized carbons (Fsp3) is 0.583. The van der Waals surface area contributed by atoms with Crippen LogP contribution in [0, 0.1) is 5.41 Å². The van der Waals surface area contributed by atoms with Crippen LogP contribution >= 0.6 is 0 Å². The first-order valence-electron chi connectivity index (χ1n) is 5.50. The van der Waals surface area contributed by atoms with E-state index in [0.29, 0.717) is 26.4 Å². The normalized spacial score (nSPS) is 25.6. The van der Waals surface area contributed by atoms with E-state index >= 15 is 0 Å². The molecule has 1 aromatic heterocycles. The maximum Gasteiger partial charge on any atom is 0.0593 e. The van der Waals surface area contributed by atoms with Crippen molar-refractivity contribution < 1.29 is 14.6 Å². The standard InChI is InChI=1S/C12H15NO3/c14-5-11(6-15-7-11)12(8-16-9-12)10-1-3-13-4-2-10/h1-4,14H,5-9H2. The molecule has 1 aromatic rings. The second-order valence-corrected chi connectivity index (χ2v) is 4.74. The zero-order chi connectivity index (χ0) is 11.1. The first-order valence-corrected chi connectivity index (χ1v) is 5.50. The Kier molecular flexibility index (Phi) is 2.24. The largest absolute Gasteiger partial charge is 0.396 e. The summed E-state index contributed by atoms with van der Waals surface area (Å²) in [5.41, 5.74) is 0.960. The van der Waals surface area contributed by atoms with Crippen LogP contribution in [0.25, 0.3) is 0 Å². The van der Waals surface area contributed by atoms with Gasteiger partial charge in [0.15, 0.2) is 0 Å². The van der Waals surface area contributed by atoms with Crippen LogP contribution in [0.5, 0.6) is 0 Å². The summed E-state index contributed by atoms with van der Waals surface area (Å²) in [4.78, 5) is 4.03. The molecule has 0 aliphatic carbocycles. The van der Waals surface area contributed by atoms with E-state index in [0.717, 1.165) is 0 Å². The van der Waals surface area contributed by atoms with Gasteiger partial charge in [0, 0.05) is 12.4 Å². The van der Waals surface area contributed by atoms with Crippen LogP contribution in [0.4, 0.5) is 0 Å². The van der Waals surface area contributed by atoms with Crippen LogP contribution in [-0.2, 0) is 14.9 Å². The molecular weight excluding hydrogens is 206 g/mol. The van der Waals surface area contributed by atoms with E-state index in [4.69, 9.17) is 9.47 Å². The highest BCUT2D eigenvalue weighted by molar-refractivity contribution is 5.31. The summed E-state index contributed by atoms with van der Waals surface area (Å²) >= 11 is 0. The first kappa shape index (κ1) is 10.2. The predicted octanol–water partition coefficient (Wildman–Crippen LogP) is 0.358. The molecule has 16 heavy (non-hydrogen) atoms. The van der Waals surface area contributed by atoms with Crippen LogP contribution in [0.3, 0.4) is 0 Å². The molecule has 0 radical (unpaired) electrons. The minimum atomic E-state index is -0.160. The molecule has 0 bridgehead atoms.